The summed E-state index contributed by atoms with van der Waals surface area (Å²) in [4.78, 5) is 0. The SMILES string of the molecule is COc1cc(-n2cnnc2CCl)c(OC)cc1Cl. The maximum absolute atomic E-state index is 6.04. The second-order valence-electron chi connectivity index (χ2n) is 3.41. The summed E-state index contributed by atoms with van der Waals surface area (Å²) in [6, 6.07) is 3.42. The molecule has 96 valence electrons. The molecule has 7 heteroatoms. The number of hydrogen-bond acceptors (Lipinski definition) is 4. The Kier molecular flexibility index (Phi) is 3.93. The molecule has 0 bridgehead atoms. The van der Waals surface area contributed by atoms with Crippen LogP contribution in [-0.2, 0) is 5.88 Å². The van der Waals surface area contributed by atoms with E-state index < -0.39 is 0 Å². The van der Waals surface area contributed by atoms with E-state index in [4.69, 9.17) is 32.7 Å². The van der Waals surface area contributed by atoms with Crippen LogP contribution in [0.15, 0.2) is 18.5 Å². The molecule has 1 aromatic heterocycles. The van der Waals surface area contributed by atoms with Crippen LogP contribution in [0, 0.1) is 0 Å². The predicted octanol–water partition coefficient (Wildman–Crippen LogP) is 2.68. The molecule has 0 N–H and O–H groups in total. The highest BCUT2D eigenvalue weighted by molar-refractivity contribution is 6.32. The van der Waals surface area contributed by atoms with Crippen LogP contribution >= 0.6 is 23.2 Å². The summed E-state index contributed by atoms with van der Waals surface area (Å²) in [7, 11) is 3.11. The molecular formula is C11H11Cl2N3O2. The van der Waals surface area contributed by atoms with E-state index in [1.807, 2.05) is 0 Å². The van der Waals surface area contributed by atoms with E-state index in [0.29, 0.717) is 22.3 Å². The van der Waals surface area contributed by atoms with Crippen molar-refractivity contribution in [3.8, 4) is 17.2 Å². The molecule has 0 radical (unpaired) electrons. The molecule has 0 aliphatic carbocycles. The van der Waals surface area contributed by atoms with Gasteiger partial charge >= 0.3 is 0 Å². The number of alkyl halides is 1. The number of halogens is 2. The minimum atomic E-state index is 0.244. The summed E-state index contributed by atoms with van der Waals surface area (Å²) in [5, 5.41) is 8.21. The van der Waals surface area contributed by atoms with Crippen LogP contribution in [-0.4, -0.2) is 29.0 Å². The number of methoxy groups -OCH3 is 2. The topological polar surface area (TPSA) is 49.2 Å². The van der Waals surface area contributed by atoms with Crippen LogP contribution in [0.25, 0.3) is 5.69 Å². The molecule has 0 saturated heterocycles. The van der Waals surface area contributed by atoms with Crippen LogP contribution in [0.3, 0.4) is 0 Å². The van der Waals surface area contributed by atoms with E-state index in [2.05, 4.69) is 10.2 Å². The van der Waals surface area contributed by atoms with Gasteiger partial charge < -0.3 is 9.47 Å². The Morgan fingerprint density at radius 2 is 1.94 bits per heavy atom. The van der Waals surface area contributed by atoms with Crippen LogP contribution in [0.5, 0.6) is 11.5 Å². The number of rotatable bonds is 4. The van der Waals surface area contributed by atoms with Gasteiger partial charge in [-0.1, -0.05) is 11.6 Å². The molecule has 18 heavy (non-hydrogen) atoms. The summed E-state index contributed by atoms with van der Waals surface area (Å²) in [6.07, 6.45) is 1.56. The summed E-state index contributed by atoms with van der Waals surface area (Å²) in [5.74, 6) is 1.99. The highest BCUT2D eigenvalue weighted by Gasteiger charge is 2.14. The molecular weight excluding hydrogens is 277 g/mol. The molecule has 5 nitrogen and oxygen atoms in total. The van der Waals surface area contributed by atoms with Gasteiger partial charge in [0.2, 0.25) is 0 Å². The summed E-state index contributed by atoms with van der Waals surface area (Å²) in [6.45, 7) is 0. The van der Waals surface area contributed by atoms with Crippen molar-refractivity contribution in [3.63, 3.8) is 0 Å². The molecule has 2 aromatic rings. The fourth-order valence-electron chi connectivity index (χ4n) is 1.58. The summed E-state index contributed by atoms with van der Waals surface area (Å²) in [5.41, 5.74) is 0.722. The van der Waals surface area contributed by atoms with Crippen molar-refractivity contribution in [3.05, 3.63) is 29.3 Å². The van der Waals surface area contributed by atoms with Gasteiger partial charge in [0.25, 0.3) is 0 Å². The maximum atomic E-state index is 6.04. The van der Waals surface area contributed by atoms with Crippen LogP contribution < -0.4 is 9.47 Å². The van der Waals surface area contributed by atoms with E-state index >= 15 is 0 Å². The lowest BCUT2D eigenvalue weighted by Crippen LogP contribution is -2.02. The first kappa shape index (κ1) is 13.0. The van der Waals surface area contributed by atoms with E-state index in [1.54, 1.807) is 37.2 Å². The third kappa shape index (κ3) is 2.23. The molecule has 2 rings (SSSR count). The lowest BCUT2D eigenvalue weighted by Gasteiger charge is -2.13. The number of benzene rings is 1. The predicted molar refractivity (Wildman–Crippen MR) is 69.0 cm³/mol. The van der Waals surface area contributed by atoms with Gasteiger partial charge in [0.15, 0.2) is 5.82 Å². The Bertz CT molecular complexity index is 557. The lowest BCUT2D eigenvalue weighted by molar-refractivity contribution is 0.401. The minimum absolute atomic E-state index is 0.244. The third-order valence-corrected chi connectivity index (χ3v) is 2.99. The normalized spacial score (nSPS) is 10.4. The fraction of sp³-hybridized carbons (Fsp3) is 0.273. The fourth-order valence-corrected chi connectivity index (χ4v) is 2.00. The first-order valence-electron chi connectivity index (χ1n) is 5.08. The summed E-state index contributed by atoms with van der Waals surface area (Å²) >= 11 is 11.8. The maximum Gasteiger partial charge on any atom is 0.152 e. The molecule has 0 atom stereocenters. The van der Waals surface area contributed by atoms with Gasteiger partial charge in [0, 0.05) is 12.1 Å². The van der Waals surface area contributed by atoms with Gasteiger partial charge in [0.1, 0.15) is 17.8 Å². The standard InChI is InChI=1S/C11H11Cl2N3O2/c1-17-9-4-8(10(18-2)3-7(9)13)16-6-14-15-11(16)5-12/h3-4,6H,5H2,1-2H3. The van der Waals surface area contributed by atoms with Crippen molar-refractivity contribution in [2.24, 2.45) is 0 Å². The Morgan fingerprint density at radius 3 is 2.56 bits per heavy atom. The van der Waals surface area contributed by atoms with Gasteiger partial charge in [-0.05, 0) is 0 Å². The third-order valence-electron chi connectivity index (χ3n) is 2.45. The number of aromatic nitrogens is 3. The van der Waals surface area contributed by atoms with Gasteiger partial charge in [-0.3, -0.25) is 4.57 Å². The molecule has 0 aliphatic rings. The van der Waals surface area contributed by atoms with Crippen molar-refractivity contribution in [2.45, 2.75) is 5.88 Å². The molecule has 0 aliphatic heterocycles. The van der Waals surface area contributed by atoms with Crippen LogP contribution in [0.2, 0.25) is 5.02 Å². The van der Waals surface area contributed by atoms with Crippen LogP contribution in [0.1, 0.15) is 5.82 Å². The monoisotopic (exact) mass is 287 g/mol. The molecule has 1 aromatic carbocycles. The molecule has 0 spiro atoms. The molecule has 0 amide bonds. The van der Waals surface area contributed by atoms with Crippen molar-refractivity contribution in [1.29, 1.82) is 0 Å². The van der Waals surface area contributed by atoms with E-state index in [9.17, 15) is 0 Å². The zero-order valence-corrected chi connectivity index (χ0v) is 11.4. The highest BCUT2D eigenvalue weighted by Crippen LogP contribution is 2.35. The van der Waals surface area contributed by atoms with E-state index in [-0.39, 0.29) is 5.88 Å². The second kappa shape index (κ2) is 5.46. The average molecular weight is 288 g/mol. The molecule has 0 unspecified atom stereocenters. The lowest BCUT2D eigenvalue weighted by atomic mass is 10.2. The van der Waals surface area contributed by atoms with Crippen molar-refractivity contribution in [2.75, 3.05) is 14.2 Å². The van der Waals surface area contributed by atoms with E-state index in [1.165, 1.54) is 0 Å². The van der Waals surface area contributed by atoms with Crippen molar-refractivity contribution >= 4 is 23.2 Å². The number of hydrogen-bond donors (Lipinski definition) is 0. The Morgan fingerprint density at radius 1 is 1.22 bits per heavy atom. The molecule has 1 heterocycles. The largest absolute Gasteiger partial charge is 0.495 e. The minimum Gasteiger partial charge on any atom is -0.495 e. The molecule has 0 saturated carbocycles. The quantitative estimate of drug-likeness (QED) is 0.812. The first-order valence-corrected chi connectivity index (χ1v) is 5.99. The Labute approximate surface area is 114 Å². The summed E-state index contributed by atoms with van der Waals surface area (Å²) < 4.78 is 12.2. The van der Waals surface area contributed by atoms with Gasteiger partial charge in [-0.2, -0.15) is 0 Å². The first-order chi connectivity index (χ1) is 8.71. The smallest absolute Gasteiger partial charge is 0.152 e. The zero-order valence-electron chi connectivity index (χ0n) is 9.85. The molecule has 0 fully saturated rings. The average Bonchev–Trinajstić information content (AvgIpc) is 2.86. The van der Waals surface area contributed by atoms with Gasteiger partial charge in [-0.25, -0.2) is 0 Å². The number of nitrogens with zero attached hydrogens (tertiary/aromatic N) is 3. The highest BCUT2D eigenvalue weighted by atomic mass is 35.5. The van der Waals surface area contributed by atoms with Gasteiger partial charge in [0.05, 0.1) is 30.8 Å². The van der Waals surface area contributed by atoms with Gasteiger partial charge in [-0.15, -0.1) is 21.8 Å². The second-order valence-corrected chi connectivity index (χ2v) is 4.08. The Balaban J connectivity index is 2.62. The Hall–Kier alpha value is -1.46. The van der Waals surface area contributed by atoms with Crippen molar-refractivity contribution < 1.29 is 9.47 Å². The zero-order chi connectivity index (χ0) is 13.1. The number of ether oxygens (including phenoxy) is 2. The van der Waals surface area contributed by atoms with Crippen LogP contribution in [0.4, 0.5) is 0 Å². The van der Waals surface area contributed by atoms with E-state index in [0.717, 1.165) is 5.69 Å². The van der Waals surface area contributed by atoms with Crippen molar-refractivity contribution in [1.82, 2.24) is 14.8 Å².